The van der Waals surface area contributed by atoms with E-state index in [1.807, 2.05) is 0 Å². The lowest BCUT2D eigenvalue weighted by Crippen LogP contribution is -2.33. The summed E-state index contributed by atoms with van der Waals surface area (Å²) >= 11 is 0. The average Bonchev–Trinajstić information content (AvgIpc) is 3.13. The number of carbonyl (C=O) groups is 2. The Bertz CT molecular complexity index is 757. The summed E-state index contributed by atoms with van der Waals surface area (Å²) in [4.78, 5) is 30.8. The van der Waals surface area contributed by atoms with Crippen molar-refractivity contribution in [2.24, 2.45) is 11.8 Å². The Hall–Kier alpha value is -0.940. The summed E-state index contributed by atoms with van der Waals surface area (Å²) in [6, 6.07) is 0. The Labute approximate surface area is 326 Å². The minimum atomic E-state index is 0.00990. The molecule has 0 rings (SSSR count). The normalized spacial score (nSPS) is 12.9. The minimum absolute atomic E-state index is 0.00990. The maximum absolute atomic E-state index is 13.3. The van der Waals surface area contributed by atoms with Crippen LogP contribution in [0.4, 0.5) is 0 Å². The summed E-state index contributed by atoms with van der Waals surface area (Å²) in [6.07, 6.45) is 38.6. The van der Waals surface area contributed by atoms with Crippen LogP contribution >= 0.6 is 0 Å². The van der Waals surface area contributed by atoms with Crippen LogP contribution in [0.5, 0.6) is 0 Å². The lowest BCUT2D eigenvalue weighted by Gasteiger charge is -2.24. The second-order valence-electron chi connectivity index (χ2n) is 16.8. The molecule has 0 heterocycles. The van der Waals surface area contributed by atoms with Crippen LogP contribution in [0.25, 0.3) is 0 Å². The number of esters is 1. The fourth-order valence-corrected chi connectivity index (χ4v) is 7.60. The first-order valence-corrected chi connectivity index (χ1v) is 23.4. The predicted molar refractivity (Wildman–Crippen MR) is 228 cm³/mol. The first-order chi connectivity index (χ1) is 25.4. The summed E-state index contributed by atoms with van der Waals surface area (Å²) in [7, 11) is 4.31. The molecule has 0 aromatic carbocycles. The largest absolute Gasteiger partial charge is 0.465 e. The van der Waals surface area contributed by atoms with Crippen molar-refractivity contribution >= 4 is 11.8 Å². The van der Waals surface area contributed by atoms with Crippen molar-refractivity contribution in [1.29, 1.82) is 0 Å². The van der Waals surface area contributed by atoms with Crippen LogP contribution in [0.1, 0.15) is 233 Å². The summed E-state index contributed by atoms with van der Waals surface area (Å²) < 4.78 is 5.84. The van der Waals surface area contributed by atoms with Crippen molar-refractivity contribution in [3.63, 3.8) is 0 Å². The predicted octanol–water partition coefficient (Wildman–Crippen LogP) is 13.8. The monoisotopic (exact) mass is 735 g/mol. The number of carbonyl (C=O) groups excluding carboxylic acids is 2. The number of ether oxygens (including phenoxy) is 1. The van der Waals surface area contributed by atoms with Gasteiger partial charge in [-0.15, -0.1) is 0 Å². The van der Waals surface area contributed by atoms with Gasteiger partial charge in [0.15, 0.2) is 0 Å². The van der Waals surface area contributed by atoms with Gasteiger partial charge in [-0.05, 0) is 84.5 Å². The third kappa shape index (κ3) is 34.8. The standard InChI is InChI=1S/C47H94N2O3/c1-7-11-15-19-21-26-34-44(33-25-17-13-9-3)43-52-47(51)38-30-24-32-40-49(42-41-48(5)6)39-31-23-29-37-46(50)45(35-27-18-14-10-4)36-28-22-20-16-12-8-2/h44-45H,7-43H2,1-6H3. The van der Waals surface area contributed by atoms with E-state index in [1.165, 1.54) is 148 Å². The SMILES string of the molecule is CCCCCCCCC(CCCCCC)COC(=O)CCCCCN(CCCCCC(=O)C(CCCCCC)CCCCCCCC)CCN(C)C. The van der Waals surface area contributed by atoms with Gasteiger partial charge in [-0.3, -0.25) is 9.59 Å². The van der Waals surface area contributed by atoms with E-state index in [0.29, 0.717) is 30.6 Å². The van der Waals surface area contributed by atoms with E-state index < -0.39 is 0 Å². The average molecular weight is 735 g/mol. The zero-order chi connectivity index (χ0) is 38.3. The molecule has 0 saturated carbocycles. The van der Waals surface area contributed by atoms with Crippen molar-refractivity contribution < 1.29 is 14.3 Å². The summed E-state index contributed by atoms with van der Waals surface area (Å²) in [5.41, 5.74) is 0. The molecule has 0 spiro atoms. The van der Waals surface area contributed by atoms with Crippen LogP contribution in [0.3, 0.4) is 0 Å². The van der Waals surface area contributed by atoms with Gasteiger partial charge < -0.3 is 14.5 Å². The van der Waals surface area contributed by atoms with Crippen molar-refractivity contribution in [2.75, 3.05) is 46.9 Å². The molecule has 0 aliphatic heterocycles. The fourth-order valence-electron chi connectivity index (χ4n) is 7.60. The molecule has 0 saturated heterocycles. The summed E-state index contributed by atoms with van der Waals surface area (Å²) in [6.45, 7) is 14.1. The molecule has 310 valence electrons. The first-order valence-electron chi connectivity index (χ1n) is 23.4. The Kier molecular flexibility index (Phi) is 39.0. The molecule has 2 atom stereocenters. The van der Waals surface area contributed by atoms with Crippen LogP contribution in [0, 0.1) is 11.8 Å². The molecule has 0 aromatic heterocycles. The Morgan fingerprint density at radius 3 is 1.33 bits per heavy atom. The minimum Gasteiger partial charge on any atom is -0.465 e. The van der Waals surface area contributed by atoms with Crippen LogP contribution in [0.15, 0.2) is 0 Å². The van der Waals surface area contributed by atoms with E-state index in [4.69, 9.17) is 4.74 Å². The molecule has 0 N–H and O–H groups in total. The first kappa shape index (κ1) is 51.1. The fraction of sp³-hybridized carbons (Fsp3) is 0.957. The third-order valence-electron chi connectivity index (χ3n) is 11.3. The molecule has 52 heavy (non-hydrogen) atoms. The molecular formula is C47H94N2O3. The molecule has 0 fully saturated rings. The molecule has 5 heteroatoms. The van der Waals surface area contributed by atoms with E-state index in [-0.39, 0.29) is 5.97 Å². The number of ketones is 1. The van der Waals surface area contributed by atoms with E-state index >= 15 is 0 Å². The van der Waals surface area contributed by atoms with Gasteiger partial charge in [0.05, 0.1) is 6.61 Å². The maximum Gasteiger partial charge on any atom is 0.305 e. The van der Waals surface area contributed by atoms with Gasteiger partial charge >= 0.3 is 5.97 Å². The van der Waals surface area contributed by atoms with E-state index in [0.717, 1.165) is 77.5 Å². The number of hydrogen-bond donors (Lipinski definition) is 0. The Morgan fingerprint density at radius 2 is 0.846 bits per heavy atom. The van der Waals surface area contributed by atoms with Crippen LogP contribution in [0.2, 0.25) is 0 Å². The van der Waals surface area contributed by atoms with Crippen molar-refractivity contribution in [1.82, 2.24) is 9.80 Å². The lowest BCUT2D eigenvalue weighted by atomic mass is 9.88. The molecule has 0 aliphatic carbocycles. The van der Waals surface area contributed by atoms with Gasteiger partial charge in [0.2, 0.25) is 0 Å². The second kappa shape index (κ2) is 39.7. The highest BCUT2D eigenvalue weighted by Crippen LogP contribution is 2.23. The van der Waals surface area contributed by atoms with Crippen molar-refractivity contribution in [2.45, 2.75) is 233 Å². The number of rotatable bonds is 42. The van der Waals surface area contributed by atoms with E-state index in [2.05, 4.69) is 51.6 Å². The number of likely N-dealkylation sites (N-methyl/N-ethyl adjacent to an activating group) is 1. The molecule has 0 radical (unpaired) electrons. The van der Waals surface area contributed by atoms with Gasteiger partial charge in [0.25, 0.3) is 0 Å². The second-order valence-corrected chi connectivity index (χ2v) is 16.8. The van der Waals surface area contributed by atoms with E-state index in [1.54, 1.807) is 0 Å². The van der Waals surface area contributed by atoms with Crippen LogP contribution < -0.4 is 0 Å². The smallest absolute Gasteiger partial charge is 0.305 e. The lowest BCUT2D eigenvalue weighted by molar-refractivity contribution is -0.145. The summed E-state index contributed by atoms with van der Waals surface area (Å²) in [5, 5.41) is 0. The van der Waals surface area contributed by atoms with Crippen LogP contribution in [-0.4, -0.2) is 68.4 Å². The quantitative estimate of drug-likeness (QED) is 0.0462. The highest BCUT2D eigenvalue weighted by atomic mass is 16.5. The molecule has 0 amide bonds. The molecule has 5 nitrogen and oxygen atoms in total. The van der Waals surface area contributed by atoms with Gasteiger partial charge in [-0.1, -0.05) is 169 Å². The third-order valence-corrected chi connectivity index (χ3v) is 11.3. The number of unbranched alkanes of at least 4 members (excludes halogenated alkanes) is 20. The molecule has 0 bridgehead atoms. The summed E-state index contributed by atoms with van der Waals surface area (Å²) in [5.74, 6) is 1.40. The van der Waals surface area contributed by atoms with Crippen LogP contribution in [-0.2, 0) is 14.3 Å². The van der Waals surface area contributed by atoms with Crippen molar-refractivity contribution in [3.05, 3.63) is 0 Å². The van der Waals surface area contributed by atoms with Gasteiger partial charge in [-0.25, -0.2) is 0 Å². The van der Waals surface area contributed by atoms with Gasteiger partial charge in [-0.2, -0.15) is 0 Å². The highest BCUT2D eigenvalue weighted by molar-refractivity contribution is 5.80. The topological polar surface area (TPSA) is 49.9 Å². The zero-order valence-electron chi connectivity index (χ0n) is 36.4. The number of Topliss-reactive ketones (excluding diaryl/α,β-unsaturated/α-hetero) is 1. The zero-order valence-corrected chi connectivity index (χ0v) is 36.4. The van der Waals surface area contributed by atoms with Gasteiger partial charge in [0, 0.05) is 31.8 Å². The molecule has 0 aliphatic rings. The van der Waals surface area contributed by atoms with Gasteiger partial charge in [0.1, 0.15) is 5.78 Å². The Morgan fingerprint density at radius 1 is 0.442 bits per heavy atom. The number of hydrogen-bond acceptors (Lipinski definition) is 5. The number of nitrogens with zero attached hydrogens (tertiary/aromatic N) is 2. The molecule has 0 aromatic rings. The highest BCUT2D eigenvalue weighted by Gasteiger charge is 2.18. The molecule has 2 unspecified atom stereocenters. The van der Waals surface area contributed by atoms with E-state index in [9.17, 15) is 9.59 Å². The molecular weight excluding hydrogens is 641 g/mol. The Balaban J connectivity index is 4.48. The maximum atomic E-state index is 13.3. The van der Waals surface area contributed by atoms with Crippen molar-refractivity contribution in [3.8, 4) is 0 Å².